The van der Waals surface area contributed by atoms with Gasteiger partial charge in [-0.1, -0.05) is 146 Å². The fraction of sp³-hybridized carbons (Fsp3) is 0.0833. The molecular formula is C48H35N3O. The summed E-state index contributed by atoms with van der Waals surface area (Å²) in [6.07, 6.45) is 5.54. The largest absolute Gasteiger partial charge is 0.456 e. The highest BCUT2D eigenvalue weighted by atomic mass is 16.3. The van der Waals surface area contributed by atoms with Crippen LogP contribution in [-0.2, 0) is 0 Å². The first-order valence-electron chi connectivity index (χ1n) is 17.9. The summed E-state index contributed by atoms with van der Waals surface area (Å²) in [6, 6.07) is 55.7. The molecule has 0 amide bonds. The first kappa shape index (κ1) is 30.3. The van der Waals surface area contributed by atoms with E-state index in [0.29, 0.717) is 0 Å². The molecule has 1 aromatic heterocycles. The Morgan fingerprint density at radius 2 is 1.35 bits per heavy atom. The molecule has 4 heteroatoms. The number of rotatable bonds is 5. The number of aliphatic imine (C=N–C) groups is 2. The van der Waals surface area contributed by atoms with Crippen molar-refractivity contribution in [2.75, 3.05) is 7.05 Å². The summed E-state index contributed by atoms with van der Waals surface area (Å²) in [5, 5.41) is 7.45. The molecule has 0 fully saturated rings. The van der Waals surface area contributed by atoms with Crippen LogP contribution in [0.4, 0.5) is 0 Å². The Labute approximate surface area is 302 Å². The maximum Gasteiger partial charge on any atom is 0.159 e. The van der Waals surface area contributed by atoms with Gasteiger partial charge in [0.15, 0.2) is 5.84 Å². The molecule has 52 heavy (non-hydrogen) atoms. The van der Waals surface area contributed by atoms with Crippen molar-refractivity contribution in [3.05, 3.63) is 190 Å². The highest BCUT2D eigenvalue weighted by Gasteiger charge is 2.28. The third-order valence-electron chi connectivity index (χ3n) is 10.7. The lowest BCUT2D eigenvalue weighted by molar-refractivity contribution is 0.383. The van der Waals surface area contributed by atoms with E-state index in [1.54, 1.807) is 0 Å². The van der Waals surface area contributed by atoms with Gasteiger partial charge in [0, 0.05) is 34.9 Å². The smallest absolute Gasteiger partial charge is 0.159 e. The number of hydrogen-bond donors (Lipinski definition) is 0. The van der Waals surface area contributed by atoms with Gasteiger partial charge in [0.05, 0.1) is 0 Å². The first-order chi connectivity index (χ1) is 25.7. The van der Waals surface area contributed by atoms with E-state index in [4.69, 9.17) is 14.4 Å². The van der Waals surface area contributed by atoms with Crippen molar-refractivity contribution in [3.63, 3.8) is 0 Å². The minimum Gasteiger partial charge on any atom is -0.456 e. The molecule has 10 rings (SSSR count). The lowest BCUT2D eigenvalue weighted by atomic mass is 9.87. The van der Waals surface area contributed by atoms with Crippen molar-refractivity contribution in [2.24, 2.45) is 9.98 Å². The molecule has 7 aromatic carbocycles. The molecular weight excluding hydrogens is 635 g/mol. The number of hydrogen-bond acceptors (Lipinski definition) is 4. The fourth-order valence-corrected chi connectivity index (χ4v) is 8.02. The molecule has 1 aliphatic carbocycles. The number of fused-ring (bicyclic) bond motifs is 6. The van der Waals surface area contributed by atoms with Crippen LogP contribution in [0.1, 0.15) is 40.8 Å². The van der Waals surface area contributed by atoms with Gasteiger partial charge in [-0.25, -0.2) is 9.98 Å². The van der Waals surface area contributed by atoms with E-state index >= 15 is 0 Å². The Morgan fingerprint density at radius 3 is 2.17 bits per heavy atom. The number of amidine groups is 2. The summed E-state index contributed by atoms with van der Waals surface area (Å²) in [6.45, 7) is 0. The second kappa shape index (κ2) is 12.4. The van der Waals surface area contributed by atoms with E-state index in [1.807, 2.05) is 24.3 Å². The van der Waals surface area contributed by atoms with Crippen molar-refractivity contribution >= 4 is 56.5 Å². The Morgan fingerprint density at radius 1 is 0.615 bits per heavy atom. The Balaban J connectivity index is 1.09. The number of nitrogens with zero attached hydrogens (tertiary/aromatic N) is 3. The quantitative estimate of drug-likeness (QED) is 0.183. The van der Waals surface area contributed by atoms with Crippen molar-refractivity contribution in [1.82, 2.24) is 4.90 Å². The molecule has 0 saturated carbocycles. The minimum atomic E-state index is -0.248. The van der Waals surface area contributed by atoms with Crippen LogP contribution >= 0.6 is 0 Å². The molecule has 1 aliphatic heterocycles. The Kier molecular flexibility index (Phi) is 7.21. The third-order valence-corrected chi connectivity index (χ3v) is 10.7. The topological polar surface area (TPSA) is 41.1 Å². The predicted octanol–water partition coefficient (Wildman–Crippen LogP) is 9.99. The Hall–Kier alpha value is -6.52. The zero-order valence-electron chi connectivity index (χ0n) is 28.8. The summed E-state index contributed by atoms with van der Waals surface area (Å²) >= 11 is 0. The zero-order chi connectivity index (χ0) is 34.6. The van der Waals surface area contributed by atoms with Gasteiger partial charge < -0.3 is 9.32 Å². The predicted molar refractivity (Wildman–Crippen MR) is 215 cm³/mol. The van der Waals surface area contributed by atoms with Crippen LogP contribution in [0.2, 0.25) is 0 Å². The summed E-state index contributed by atoms with van der Waals surface area (Å²) in [7, 11) is 2.09. The van der Waals surface area contributed by atoms with E-state index in [2.05, 4.69) is 158 Å². The van der Waals surface area contributed by atoms with Gasteiger partial charge in [-0.05, 0) is 74.1 Å². The van der Waals surface area contributed by atoms with Gasteiger partial charge in [-0.2, -0.15) is 0 Å². The molecule has 0 bridgehead atoms. The van der Waals surface area contributed by atoms with Crippen molar-refractivity contribution in [2.45, 2.75) is 18.5 Å². The van der Waals surface area contributed by atoms with Gasteiger partial charge in [-0.15, -0.1) is 0 Å². The highest BCUT2D eigenvalue weighted by molar-refractivity contribution is 6.15. The van der Waals surface area contributed by atoms with Crippen LogP contribution < -0.4 is 10.4 Å². The molecule has 8 aromatic rings. The third kappa shape index (κ3) is 5.15. The lowest BCUT2D eigenvalue weighted by Crippen LogP contribution is -2.35. The van der Waals surface area contributed by atoms with Gasteiger partial charge in [-0.3, -0.25) is 0 Å². The molecule has 4 nitrogen and oxygen atoms in total. The monoisotopic (exact) mass is 669 g/mol. The summed E-state index contributed by atoms with van der Waals surface area (Å²) in [5.74, 6) is 1.82. The maximum absolute atomic E-state index is 6.52. The molecule has 0 N–H and O–H groups in total. The molecule has 0 saturated heterocycles. The van der Waals surface area contributed by atoms with E-state index < -0.39 is 0 Å². The first-order valence-corrected chi connectivity index (χ1v) is 17.9. The molecule has 2 heterocycles. The van der Waals surface area contributed by atoms with Crippen LogP contribution in [0.5, 0.6) is 0 Å². The molecule has 2 unspecified atom stereocenters. The van der Waals surface area contributed by atoms with Crippen molar-refractivity contribution < 1.29 is 4.42 Å². The minimum absolute atomic E-state index is 0.223. The highest BCUT2D eigenvalue weighted by Crippen LogP contribution is 2.38. The second-order valence-electron chi connectivity index (χ2n) is 13.8. The average Bonchev–Trinajstić information content (AvgIpc) is 3.60. The van der Waals surface area contributed by atoms with Crippen molar-refractivity contribution in [3.8, 4) is 11.1 Å². The second-order valence-corrected chi connectivity index (χ2v) is 13.8. The van der Waals surface area contributed by atoms with Gasteiger partial charge >= 0.3 is 0 Å². The molecule has 2 atom stereocenters. The SMILES string of the molecule is CN1C(c2ccc3oc4cccc(C5C=c6c(ccc7ccccc67)=CC5)c4c3c2)=NC(c2ccccc2)=NC1c1ccc(-c2ccccc2)cc1. The summed E-state index contributed by atoms with van der Waals surface area (Å²) in [4.78, 5) is 12.7. The van der Waals surface area contributed by atoms with Crippen LogP contribution in [0.15, 0.2) is 172 Å². The van der Waals surface area contributed by atoms with E-state index in [9.17, 15) is 0 Å². The standard InChI is InChI=1S/C48H35N3O/c1-51-47(36-24-19-32(20-25-36)31-11-4-2-5-12-31)49-46(35-14-6-3-7-15-35)50-48(51)38-27-28-43-42(30-38)45-40(17-10-18-44(45)52-43)37-26-23-34-22-21-33-13-8-9-16-39(33)41(34)29-37/h2-25,27-30,37,47H,26H2,1H3. The zero-order valence-corrected chi connectivity index (χ0v) is 28.8. The van der Waals surface area contributed by atoms with E-state index in [1.165, 1.54) is 43.3 Å². The average molecular weight is 670 g/mol. The molecule has 0 spiro atoms. The van der Waals surface area contributed by atoms with Gasteiger partial charge in [0.2, 0.25) is 0 Å². The number of furan rings is 1. The molecule has 248 valence electrons. The van der Waals surface area contributed by atoms with Crippen molar-refractivity contribution in [1.29, 1.82) is 0 Å². The van der Waals surface area contributed by atoms with E-state index in [-0.39, 0.29) is 12.1 Å². The van der Waals surface area contributed by atoms with Crippen LogP contribution in [-0.4, -0.2) is 23.6 Å². The van der Waals surface area contributed by atoms with Crippen LogP contribution in [0, 0.1) is 0 Å². The number of benzene rings is 7. The van der Waals surface area contributed by atoms with E-state index in [0.717, 1.165) is 51.3 Å². The normalized spacial score (nSPS) is 17.0. The van der Waals surface area contributed by atoms with Crippen LogP contribution in [0.25, 0.3) is 56.0 Å². The summed E-state index contributed by atoms with van der Waals surface area (Å²) in [5.41, 5.74) is 8.57. The Bertz CT molecular complexity index is 2830. The molecule has 2 aliphatic rings. The lowest BCUT2D eigenvalue weighted by Gasteiger charge is -2.32. The van der Waals surface area contributed by atoms with Gasteiger partial charge in [0.1, 0.15) is 23.2 Å². The maximum atomic E-state index is 6.52. The molecule has 0 radical (unpaired) electrons. The van der Waals surface area contributed by atoms with Crippen LogP contribution in [0.3, 0.4) is 0 Å². The summed E-state index contributed by atoms with van der Waals surface area (Å²) < 4.78 is 6.52. The van der Waals surface area contributed by atoms with Gasteiger partial charge in [0.25, 0.3) is 0 Å². The fourth-order valence-electron chi connectivity index (χ4n) is 8.02.